The maximum Gasteiger partial charge on any atom is 0.411 e. The third-order valence-corrected chi connectivity index (χ3v) is 2.16. The molecule has 0 N–H and O–H groups in total. The zero-order valence-electron chi connectivity index (χ0n) is 10.9. The predicted octanol–water partition coefficient (Wildman–Crippen LogP) is 1.97. The number of carbonyl (C=O) groups excluding carboxylic acids is 1. The van der Waals surface area contributed by atoms with E-state index >= 15 is 0 Å². The molecule has 0 aliphatic rings. The van der Waals surface area contributed by atoms with E-state index in [0.717, 1.165) is 0 Å². The van der Waals surface area contributed by atoms with Crippen LogP contribution in [0.2, 0.25) is 0 Å². The fourth-order valence-corrected chi connectivity index (χ4v) is 1.39. The van der Waals surface area contributed by atoms with Gasteiger partial charge in [0.1, 0.15) is 12.3 Å². The third kappa shape index (κ3) is 5.25. The van der Waals surface area contributed by atoms with Gasteiger partial charge in [-0.2, -0.15) is 13.2 Å². The summed E-state index contributed by atoms with van der Waals surface area (Å²) in [6.07, 6.45) is -7.59. The molecule has 0 aromatic carbocycles. The predicted molar refractivity (Wildman–Crippen MR) is 57.8 cm³/mol. The number of ether oxygens (including phenoxy) is 2. The van der Waals surface area contributed by atoms with E-state index < -0.39 is 49.7 Å². The number of alkyl halides is 5. The molecule has 0 aliphatic carbocycles. The molecule has 0 spiro atoms. The van der Waals surface area contributed by atoms with Crippen LogP contribution in [0.1, 0.15) is 29.5 Å². The fourth-order valence-electron chi connectivity index (χ4n) is 1.39. The minimum Gasteiger partial charge on any atom is -0.461 e. The van der Waals surface area contributed by atoms with E-state index in [2.05, 4.69) is 19.8 Å². The first kappa shape index (κ1) is 17.3. The molecule has 1 aromatic rings. The highest BCUT2D eigenvalue weighted by molar-refractivity contribution is 5.88. The van der Waals surface area contributed by atoms with Crippen LogP contribution in [-0.2, 0) is 16.0 Å². The van der Waals surface area contributed by atoms with E-state index in [4.69, 9.17) is 0 Å². The number of carbonyl (C=O) groups is 1. The number of hydrogen-bond acceptors (Lipinski definition) is 5. The minimum absolute atomic E-state index is 0.0386. The van der Waals surface area contributed by atoms with E-state index in [1.165, 1.54) is 6.92 Å². The van der Waals surface area contributed by atoms with E-state index in [-0.39, 0.29) is 6.61 Å². The molecule has 0 saturated carbocycles. The van der Waals surface area contributed by atoms with E-state index in [9.17, 15) is 26.7 Å². The van der Waals surface area contributed by atoms with Gasteiger partial charge in [-0.05, 0) is 6.92 Å². The fraction of sp³-hybridized carbons (Fsp3) is 0.700. The second-order valence-corrected chi connectivity index (χ2v) is 3.74. The highest BCUT2D eigenvalue weighted by atomic mass is 19.4. The molecule has 120 valence electrons. The van der Waals surface area contributed by atoms with Gasteiger partial charge in [0.05, 0.1) is 19.8 Å². The average Bonchev–Trinajstić information content (AvgIpc) is 2.77. The molecular formula is C10H12F5N3O3. The Balaban J connectivity index is 2.72. The Labute approximate surface area is 115 Å². The van der Waals surface area contributed by atoms with Crippen molar-refractivity contribution in [3.63, 3.8) is 0 Å². The zero-order chi connectivity index (χ0) is 16.0. The molecule has 0 radical (unpaired) electrons. The smallest absolute Gasteiger partial charge is 0.411 e. The van der Waals surface area contributed by atoms with Crippen LogP contribution in [0.5, 0.6) is 0 Å². The second-order valence-electron chi connectivity index (χ2n) is 3.74. The summed E-state index contributed by atoms with van der Waals surface area (Å²) in [5.41, 5.74) is -1.48. The monoisotopic (exact) mass is 317 g/mol. The molecule has 1 rings (SSSR count). The maximum absolute atomic E-state index is 12.9. The van der Waals surface area contributed by atoms with Gasteiger partial charge in [0.25, 0.3) is 6.43 Å². The SMILES string of the molecule is CCOC(=O)c1nnn(CCOCC(F)(F)F)c1C(F)F. The summed E-state index contributed by atoms with van der Waals surface area (Å²) in [4.78, 5) is 11.4. The summed E-state index contributed by atoms with van der Waals surface area (Å²) in [7, 11) is 0. The topological polar surface area (TPSA) is 66.2 Å². The maximum atomic E-state index is 12.9. The highest BCUT2D eigenvalue weighted by Gasteiger charge is 2.29. The number of esters is 1. The van der Waals surface area contributed by atoms with Gasteiger partial charge in [0, 0.05) is 0 Å². The second kappa shape index (κ2) is 7.29. The van der Waals surface area contributed by atoms with E-state index in [1.807, 2.05) is 0 Å². The van der Waals surface area contributed by atoms with Gasteiger partial charge in [0.15, 0.2) is 5.69 Å². The van der Waals surface area contributed by atoms with Crippen molar-refractivity contribution in [2.24, 2.45) is 0 Å². The largest absolute Gasteiger partial charge is 0.461 e. The van der Waals surface area contributed by atoms with Gasteiger partial charge < -0.3 is 9.47 Å². The van der Waals surface area contributed by atoms with Gasteiger partial charge in [-0.3, -0.25) is 0 Å². The highest BCUT2D eigenvalue weighted by Crippen LogP contribution is 2.22. The first-order chi connectivity index (χ1) is 9.76. The van der Waals surface area contributed by atoms with Crippen molar-refractivity contribution in [2.75, 3.05) is 19.8 Å². The van der Waals surface area contributed by atoms with Crippen molar-refractivity contribution < 1.29 is 36.2 Å². The van der Waals surface area contributed by atoms with Crippen molar-refractivity contribution in [1.29, 1.82) is 0 Å². The number of rotatable bonds is 7. The van der Waals surface area contributed by atoms with Crippen LogP contribution in [0.3, 0.4) is 0 Å². The number of hydrogen-bond donors (Lipinski definition) is 0. The Hall–Kier alpha value is -1.78. The van der Waals surface area contributed by atoms with Gasteiger partial charge in [-0.1, -0.05) is 5.21 Å². The molecule has 6 nitrogen and oxygen atoms in total. The Kier molecular flexibility index (Phi) is 6.00. The molecule has 0 fully saturated rings. The normalized spacial score (nSPS) is 12.0. The van der Waals surface area contributed by atoms with Crippen LogP contribution in [0.4, 0.5) is 22.0 Å². The van der Waals surface area contributed by atoms with Crippen molar-refractivity contribution in [1.82, 2.24) is 15.0 Å². The minimum atomic E-state index is -4.51. The number of aromatic nitrogens is 3. The molecule has 0 unspecified atom stereocenters. The van der Waals surface area contributed by atoms with Gasteiger partial charge in [-0.15, -0.1) is 5.10 Å². The van der Waals surface area contributed by atoms with Crippen molar-refractivity contribution in [2.45, 2.75) is 26.1 Å². The molecule has 1 heterocycles. The van der Waals surface area contributed by atoms with Gasteiger partial charge in [0.2, 0.25) is 0 Å². The molecule has 1 aromatic heterocycles. The molecule has 0 saturated heterocycles. The summed E-state index contributed by atoms with van der Waals surface area (Å²) in [6, 6.07) is 0. The van der Waals surface area contributed by atoms with E-state index in [0.29, 0.717) is 4.68 Å². The first-order valence-corrected chi connectivity index (χ1v) is 5.79. The van der Waals surface area contributed by atoms with Crippen LogP contribution in [0.25, 0.3) is 0 Å². The summed E-state index contributed by atoms with van der Waals surface area (Å²) < 4.78 is 70.7. The standard InChI is InChI=1S/C10H12F5N3O3/c1-2-21-9(19)6-7(8(11)12)18(17-16-6)3-4-20-5-10(13,14)15/h8H,2-5H2,1H3. The lowest BCUT2D eigenvalue weighted by atomic mass is 10.3. The van der Waals surface area contributed by atoms with Gasteiger partial charge >= 0.3 is 12.1 Å². The first-order valence-electron chi connectivity index (χ1n) is 5.79. The summed E-state index contributed by atoms with van der Waals surface area (Å²) in [5, 5.41) is 6.56. The molecule has 0 amide bonds. The van der Waals surface area contributed by atoms with Crippen molar-refractivity contribution >= 4 is 5.97 Å². The molecule has 11 heteroatoms. The van der Waals surface area contributed by atoms with Crippen LogP contribution in [-0.4, -0.2) is 47.0 Å². The number of halogens is 5. The Bertz CT molecular complexity index is 475. The summed E-state index contributed by atoms with van der Waals surface area (Å²) in [6.45, 7) is -0.970. The van der Waals surface area contributed by atoms with Crippen LogP contribution in [0.15, 0.2) is 0 Å². The average molecular weight is 317 g/mol. The molecule has 0 aliphatic heterocycles. The summed E-state index contributed by atoms with van der Waals surface area (Å²) in [5.74, 6) is -1.07. The summed E-state index contributed by atoms with van der Waals surface area (Å²) >= 11 is 0. The van der Waals surface area contributed by atoms with Gasteiger partial charge in [-0.25, -0.2) is 18.3 Å². The number of nitrogens with zero attached hydrogens (tertiary/aromatic N) is 3. The molecular weight excluding hydrogens is 305 g/mol. The van der Waals surface area contributed by atoms with Crippen molar-refractivity contribution in [3.8, 4) is 0 Å². The lowest BCUT2D eigenvalue weighted by molar-refractivity contribution is -0.174. The van der Waals surface area contributed by atoms with Crippen LogP contribution in [0, 0.1) is 0 Å². The molecule has 21 heavy (non-hydrogen) atoms. The van der Waals surface area contributed by atoms with Crippen LogP contribution < -0.4 is 0 Å². The zero-order valence-corrected chi connectivity index (χ0v) is 10.9. The Morgan fingerprint density at radius 3 is 2.57 bits per heavy atom. The molecule has 0 bridgehead atoms. The molecule has 0 atom stereocenters. The Morgan fingerprint density at radius 2 is 2.05 bits per heavy atom. The Morgan fingerprint density at radius 1 is 1.38 bits per heavy atom. The third-order valence-electron chi connectivity index (χ3n) is 2.16. The van der Waals surface area contributed by atoms with Crippen LogP contribution >= 0.6 is 0 Å². The lowest BCUT2D eigenvalue weighted by Crippen LogP contribution is -2.20. The van der Waals surface area contributed by atoms with E-state index in [1.54, 1.807) is 0 Å². The quantitative estimate of drug-likeness (QED) is 0.437. The van der Waals surface area contributed by atoms with Crippen molar-refractivity contribution in [3.05, 3.63) is 11.4 Å². The lowest BCUT2D eigenvalue weighted by Gasteiger charge is -2.09.